The number of benzene rings is 1. The van der Waals surface area contributed by atoms with Crippen LogP contribution >= 0.6 is 0 Å². The number of amides is 1. The Bertz CT molecular complexity index is 651. The van der Waals surface area contributed by atoms with Crippen LogP contribution in [0.5, 0.6) is 0 Å². The van der Waals surface area contributed by atoms with Gasteiger partial charge in [-0.1, -0.05) is 36.4 Å². The number of nitrogens with one attached hydrogen (secondary N) is 1. The zero-order valence-corrected chi connectivity index (χ0v) is 14.9. The van der Waals surface area contributed by atoms with Gasteiger partial charge in [0.25, 0.3) is 0 Å². The highest BCUT2D eigenvalue weighted by molar-refractivity contribution is 5.91. The van der Waals surface area contributed by atoms with Crippen LogP contribution in [-0.4, -0.2) is 34.9 Å². The Morgan fingerprint density at radius 3 is 2.56 bits per heavy atom. The minimum Gasteiger partial charge on any atom is -0.310 e. The molecule has 1 aliphatic heterocycles. The molecule has 0 bridgehead atoms. The number of likely N-dealkylation sites (tertiary alicyclic amines) is 1. The SMILES string of the molecule is C[C@@H](CCc1ccccc1)N1CCC(C(=O)Nc2ccccn2)CC1. The number of aryl methyl sites for hydroxylation is 1. The van der Waals surface area contributed by atoms with E-state index in [0.29, 0.717) is 11.9 Å². The highest BCUT2D eigenvalue weighted by Crippen LogP contribution is 2.22. The standard InChI is InChI=1S/C21H27N3O/c1-17(10-11-18-7-3-2-4-8-18)24-15-12-19(13-16-24)21(25)23-20-9-5-6-14-22-20/h2-9,14,17,19H,10-13,15-16H2,1H3,(H,22,23,25)/t17-/m0/s1. The van der Waals surface area contributed by atoms with E-state index in [1.807, 2.05) is 18.2 Å². The summed E-state index contributed by atoms with van der Waals surface area (Å²) in [5.74, 6) is 0.848. The first-order valence-corrected chi connectivity index (χ1v) is 9.22. The van der Waals surface area contributed by atoms with Gasteiger partial charge in [0.05, 0.1) is 0 Å². The van der Waals surface area contributed by atoms with Gasteiger partial charge in [-0.3, -0.25) is 4.79 Å². The molecule has 0 spiro atoms. The van der Waals surface area contributed by atoms with E-state index >= 15 is 0 Å². The maximum absolute atomic E-state index is 12.4. The Balaban J connectivity index is 1.42. The van der Waals surface area contributed by atoms with Crippen LogP contribution in [0.25, 0.3) is 0 Å². The van der Waals surface area contributed by atoms with Crippen LogP contribution in [0.3, 0.4) is 0 Å². The van der Waals surface area contributed by atoms with E-state index in [1.54, 1.807) is 6.20 Å². The van der Waals surface area contributed by atoms with Gasteiger partial charge in [0.2, 0.25) is 5.91 Å². The van der Waals surface area contributed by atoms with Crippen LogP contribution in [0.2, 0.25) is 0 Å². The minimum atomic E-state index is 0.0968. The van der Waals surface area contributed by atoms with Crippen molar-refractivity contribution < 1.29 is 4.79 Å². The molecule has 4 nitrogen and oxygen atoms in total. The number of rotatable bonds is 6. The predicted octanol–water partition coefficient (Wildman–Crippen LogP) is 3.75. The first-order valence-electron chi connectivity index (χ1n) is 9.22. The molecule has 1 atom stereocenters. The number of anilines is 1. The molecule has 1 N–H and O–H groups in total. The quantitative estimate of drug-likeness (QED) is 0.873. The van der Waals surface area contributed by atoms with Crippen molar-refractivity contribution in [2.45, 2.75) is 38.6 Å². The number of piperidine rings is 1. The van der Waals surface area contributed by atoms with Crippen molar-refractivity contribution in [3.8, 4) is 0 Å². The topological polar surface area (TPSA) is 45.2 Å². The molecule has 1 aliphatic rings. The van der Waals surface area contributed by atoms with Gasteiger partial charge in [-0.05, 0) is 63.4 Å². The summed E-state index contributed by atoms with van der Waals surface area (Å²) in [6.07, 6.45) is 5.83. The number of hydrogen-bond acceptors (Lipinski definition) is 3. The van der Waals surface area contributed by atoms with Gasteiger partial charge in [-0.15, -0.1) is 0 Å². The average molecular weight is 337 g/mol. The lowest BCUT2D eigenvalue weighted by Gasteiger charge is -2.35. The molecular weight excluding hydrogens is 310 g/mol. The smallest absolute Gasteiger partial charge is 0.228 e. The summed E-state index contributed by atoms with van der Waals surface area (Å²) in [5, 5.41) is 2.93. The lowest BCUT2D eigenvalue weighted by Crippen LogP contribution is -2.42. The summed E-state index contributed by atoms with van der Waals surface area (Å²) in [6.45, 7) is 4.30. The molecule has 4 heteroatoms. The van der Waals surface area contributed by atoms with E-state index in [1.165, 1.54) is 5.56 Å². The molecule has 2 aromatic rings. The molecule has 0 saturated carbocycles. The van der Waals surface area contributed by atoms with Crippen molar-refractivity contribution in [1.29, 1.82) is 0 Å². The van der Waals surface area contributed by atoms with Crippen LogP contribution < -0.4 is 5.32 Å². The highest BCUT2D eigenvalue weighted by Gasteiger charge is 2.27. The zero-order valence-electron chi connectivity index (χ0n) is 14.9. The van der Waals surface area contributed by atoms with Gasteiger partial charge in [0, 0.05) is 18.2 Å². The lowest BCUT2D eigenvalue weighted by atomic mass is 9.94. The predicted molar refractivity (Wildman–Crippen MR) is 101 cm³/mol. The number of pyridine rings is 1. The van der Waals surface area contributed by atoms with Crippen molar-refractivity contribution in [3.63, 3.8) is 0 Å². The van der Waals surface area contributed by atoms with E-state index in [0.717, 1.165) is 38.8 Å². The second-order valence-electron chi connectivity index (χ2n) is 6.89. The minimum absolute atomic E-state index is 0.0968. The first kappa shape index (κ1) is 17.6. The summed E-state index contributed by atoms with van der Waals surface area (Å²) >= 11 is 0. The van der Waals surface area contributed by atoms with Crippen LogP contribution in [-0.2, 0) is 11.2 Å². The second kappa shape index (κ2) is 8.77. The molecule has 1 fully saturated rings. The molecule has 0 unspecified atom stereocenters. The van der Waals surface area contributed by atoms with Crippen molar-refractivity contribution in [2.75, 3.05) is 18.4 Å². The monoisotopic (exact) mass is 337 g/mol. The Hall–Kier alpha value is -2.20. The molecular formula is C21H27N3O. The summed E-state index contributed by atoms with van der Waals surface area (Å²) < 4.78 is 0. The molecule has 1 saturated heterocycles. The summed E-state index contributed by atoms with van der Waals surface area (Å²) in [4.78, 5) is 19.1. The normalized spacial score (nSPS) is 17.2. The molecule has 0 radical (unpaired) electrons. The molecule has 1 amide bonds. The van der Waals surface area contributed by atoms with E-state index in [4.69, 9.17) is 0 Å². The fourth-order valence-electron chi connectivity index (χ4n) is 3.47. The van der Waals surface area contributed by atoms with E-state index < -0.39 is 0 Å². The number of hydrogen-bond donors (Lipinski definition) is 1. The molecule has 3 rings (SSSR count). The van der Waals surface area contributed by atoms with Crippen LogP contribution in [0.1, 0.15) is 31.7 Å². The summed E-state index contributed by atoms with van der Waals surface area (Å²) in [5.41, 5.74) is 1.40. The van der Waals surface area contributed by atoms with Crippen molar-refractivity contribution in [3.05, 3.63) is 60.3 Å². The first-order chi connectivity index (χ1) is 12.2. The van der Waals surface area contributed by atoms with E-state index in [2.05, 4.69) is 52.5 Å². The third-order valence-electron chi connectivity index (χ3n) is 5.13. The summed E-state index contributed by atoms with van der Waals surface area (Å²) in [6, 6.07) is 16.8. The van der Waals surface area contributed by atoms with Gasteiger partial charge in [-0.25, -0.2) is 4.98 Å². The van der Waals surface area contributed by atoms with Gasteiger partial charge in [0.15, 0.2) is 0 Å². The highest BCUT2D eigenvalue weighted by atomic mass is 16.1. The lowest BCUT2D eigenvalue weighted by molar-refractivity contribution is -0.121. The Kier molecular flexibility index (Phi) is 6.18. The Morgan fingerprint density at radius 1 is 1.16 bits per heavy atom. The fraction of sp³-hybridized carbons (Fsp3) is 0.429. The fourth-order valence-corrected chi connectivity index (χ4v) is 3.47. The van der Waals surface area contributed by atoms with Crippen molar-refractivity contribution in [2.24, 2.45) is 5.92 Å². The summed E-state index contributed by atoms with van der Waals surface area (Å²) in [7, 11) is 0. The molecule has 1 aromatic carbocycles. The van der Waals surface area contributed by atoms with Gasteiger partial charge < -0.3 is 10.2 Å². The van der Waals surface area contributed by atoms with Gasteiger partial charge in [0.1, 0.15) is 5.82 Å². The molecule has 1 aromatic heterocycles. The van der Waals surface area contributed by atoms with Crippen LogP contribution in [0.15, 0.2) is 54.7 Å². The van der Waals surface area contributed by atoms with E-state index in [9.17, 15) is 4.79 Å². The number of aromatic nitrogens is 1. The Morgan fingerprint density at radius 2 is 1.88 bits per heavy atom. The van der Waals surface area contributed by atoms with Crippen molar-refractivity contribution >= 4 is 11.7 Å². The van der Waals surface area contributed by atoms with E-state index in [-0.39, 0.29) is 11.8 Å². The van der Waals surface area contributed by atoms with Crippen LogP contribution in [0.4, 0.5) is 5.82 Å². The van der Waals surface area contributed by atoms with Crippen LogP contribution in [0, 0.1) is 5.92 Å². The number of carbonyl (C=O) groups is 1. The van der Waals surface area contributed by atoms with Gasteiger partial charge >= 0.3 is 0 Å². The maximum Gasteiger partial charge on any atom is 0.228 e. The third-order valence-corrected chi connectivity index (χ3v) is 5.13. The average Bonchev–Trinajstić information content (AvgIpc) is 2.68. The van der Waals surface area contributed by atoms with Crippen molar-refractivity contribution in [1.82, 2.24) is 9.88 Å². The maximum atomic E-state index is 12.4. The molecule has 0 aliphatic carbocycles. The number of nitrogens with zero attached hydrogens (tertiary/aromatic N) is 2. The molecule has 2 heterocycles. The second-order valence-corrected chi connectivity index (χ2v) is 6.89. The van der Waals surface area contributed by atoms with Gasteiger partial charge in [-0.2, -0.15) is 0 Å². The molecule has 25 heavy (non-hydrogen) atoms. The largest absolute Gasteiger partial charge is 0.310 e. The number of carbonyl (C=O) groups excluding carboxylic acids is 1. The Labute approximate surface area is 150 Å². The zero-order chi connectivity index (χ0) is 17.5. The molecule has 132 valence electrons. The third kappa shape index (κ3) is 5.13.